The highest BCUT2D eigenvalue weighted by atomic mass is 35.5. The molecule has 2 atom stereocenters. The topological polar surface area (TPSA) is 63.4 Å². The third kappa shape index (κ3) is 3.60. The first-order valence-corrected chi connectivity index (χ1v) is 9.28. The number of nitrogens with zero attached hydrogens (tertiary/aromatic N) is 1. The van der Waals surface area contributed by atoms with Gasteiger partial charge in [-0.1, -0.05) is 48.0 Å². The van der Waals surface area contributed by atoms with Gasteiger partial charge in [-0.25, -0.2) is 8.42 Å². The van der Waals surface area contributed by atoms with Gasteiger partial charge < -0.3 is 5.73 Å². The maximum absolute atomic E-state index is 12.8. The molecular weight excluding hydrogens is 367 g/mol. The molecule has 0 spiro atoms. The second kappa shape index (κ2) is 7.42. The van der Waals surface area contributed by atoms with Crippen LogP contribution in [0.25, 0.3) is 0 Å². The second-order valence-corrected chi connectivity index (χ2v) is 8.26. The maximum atomic E-state index is 12.8. The molecule has 1 fully saturated rings. The molecule has 0 bridgehead atoms. The van der Waals surface area contributed by atoms with Crippen molar-refractivity contribution in [2.75, 3.05) is 13.1 Å². The van der Waals surface area contributed by atoms with E-state index in [1.807, 2.05) is 37.3 Å². The molecule has 1 saturated heterocycles. The zero-order valence-electron chi connectivity index (χ0n) is 13.2. The molecule has 24 heavy (non-hydrogen) atoms. The molecule has 4 nitrogen and oxygen atoms in total. The molecular formula is C17H20Cl2N2O2S. The van der Waals surface area contributed by atoms with Crippen LogP contribution in [0.4, 0.5) is 0 Å². The predicted octanol–water partition coefficient (Wildman–Crippen LogP) is 3.19. The van der Waals surface area contributed by atoms with Crippen LogP contribution in [0.3, 0.4) is 0 Å². The SMILES string of the molecule is Cc1ccc(S(=O)(=O)N2C[C@@H](N)[C@H](c3ccccc3)C2)cc1Cl.Cl. The Labute approximate surface area is 154 Å². The average molecular weight is 387 g/mol. The molecule has 2 aromatic carbocycles. The Balaban J connectivity index is 0.00000208. The molecule has 0 saturated carbocycles. The minimum Gasteiger partial charge on any atom is -0.326 e. The van der Waals surface area contributed by atoms with Crippen molar-refractivity contribution in [2.24, 2.45) is 5.73 Å². The van der Waals surface area contributed by atoms with Gasteiger partial charge in [-0.05, 0) is 30.2 Å². The van der Waals surface area contributed by atoms with Crippen molar-refractivity contribution in [1.82, 2.24) is 4.31 Å². The van der Waals surface area contributed by atoms with Crippen LogP contribution in [-0.4, -0.2) is 31.9 Å². The van der Waals surface area contributed by atoms with Crippen molar-refractivity contribution in [3.8, 4) is 0 Å². The Hall–Kier alpha value is -1.11. The molecule has 130 valence electrons. The van der Waals surface area contributed by atoms with Gasteiger partial charge >= 0.3 is 0 Å². The first kappa shape index (κ1) is 19.2. The van der Waals surface area contributed by atoms with E-state index in [9.17, 15) is 8.42 Å². The lowest BCUT2D eigenvalue weighted by Crippen LogP contribution is -2.32. The van der Waals surface area contributed by atoms with Gasteiger partial charge in [-0.15, -0.1) is 12.4 Å². The lowest BCUT2D eigenvalue weighted by atomic mass is 9.95. The van der Waals surface area contributed by atoms with E-state index in [0.29, 0.717) is 18.1 Å². The van der Waals surface area contributed by atoms with Gasteiger partial charge in [0.05, 0.1) is 4.90 Å². The van der Waals surface area contributed by atoms with Crippen molar-refractivity contribution in [3.05, 3.63) is 64.7 Å². The van der Waals surface area contributed by atoms with Crippen molar-refractivity contribution in [2.45, 2.75) is 23.8 Å². The van der Waals surface area contributed by atoms with Gasteiger partial charge in [-0.3, -0.25) is 0 Å². The molecule has 0 unspecified atom stereocenters. The minimum atomic E-state index is -3.58. The van der Waals surface area contributed by atoms with E-state index in [2.05, 4.69) is 0 Å². The van der Waals surface area contributed by atoms with E-state index in [-0.39, 0.29) is 29.3 Å². The summed E-state index contributed by atoms with van der Waals surface area (Å²) in [5, 5.41) is 0.453. The van der Waals surface area contributed by atoms with Crippen LogP contribution in [-0.2, 0) is 10.0 Å². The molecule has 0 aromatic heterocycles. The smallest absolute Gasteiger partial charge is 0.243 e. The number of nitrogens with two attached hydrogens (primary N) is 1. The van der Waals surface area contributed by atoms with Crippen molar-refractivity contribution >= 4 is 34.0 Å². The summed E-state index contributed by atoms with van der Waals surface area (Å²) in [7, 11) is -3.58. The van der Waals surface area contributed by atoms with Crippen LogP contribution in [0.1, 0.15) is 17.0 Å². The lowest BCUT2D eigenvalue weighted by Gasteiger charge is -2.17. The second-order valence-electron chi connectivity index (χ2n) is 5.91. The summed E-state index contributed by atoms with van der Waals surface area (Å²) in [6, 6.07) is 14.4. The Kier molecular flexibility index (Phi) is 5.94. The molecule has 3 rings (SSSR count). The molecule has 1 aliphatic rings. The summed E-state index contributed by atoms with van der Waals surface area (Å²) in [6.07, 6.45) is 0. The number of hydrogen-bond acceptors (Lipinski definition) is 3. The third-order valence-electron chi connectivity index (χ3n) is 4.34. The molecule has 0 amide bonds. The van der Waals surface area contributed by atoms with Crippen molar-refractivity contribution < 1.29 is 8.42 Å². The highest BCUT2D eigenvalue weighted by molar-refractivity contribution is 7.89. The number of benzene rings is 2. The van der Waals surface area contributed by atoms with E-state index in [0.717, 1.165) is 11.1 Å². The summed E-state index contributed by atoms with van der Waals surface area (Å²) >= 11 is 6.07. The van der Waals surface area contributed by atoms with Crippen LogP contribution in [0, 0.1) is 6.92 Å². The Morgan fingerprint density at radius 1 is 1.12 bits per heavy atom. The highest BCUT2D eigenvalue weighted by Gasteiger charge is 2.38. The molecule has 1 heterocycles. The normalized spacial score (nSPS) is 21.5. The van der Waals surface area contributed by atoms with Crippen LogP contribution in [0.5, 0.6) is 0 Å². The van der Waals surface area contributed by atoms with E-state index >= 15 is 0 Å². The standard InChI is InChI=1S/C17H19ClN2O2S.ClH/c1-12-7-8-14(9-16(12)18)23(21,22)20-10-15(17(19)11-20)13-5-3-2-4-6-13;/h2-9,15,17H,10-11,19H2,1H3;1H/t15-,17+;/m0./s1. The summed E-state index contributed by atoms with van der Waals surface area (Å²) in [4.78, 5) is 0.217. The van der Waals surface area contributed by atoms with E-state index < -0.39 is 10.0 Å². The average Bonchev–Trinajstić information content (AvgIpc) is 2.93. The first-order chi connectivity index (χ1) is 10.9. The quantitative estimate of drug-likeness (QED) is 0.880. The number of hydrogen-bond donors (Lipinski definition) is 1. The lowest BCUT2D eigenvalue weighted by molar-refractivity contribution is 0.470. The number of rotatable bonds is 3. The third-order valence-corrected chi connectivity index (χ3v) is 6.58. The zero-order chi connectivity index (χ0) is 16.6. The number of halogens is 2. The van der Waals surface area contributed by atoms with Gasteiger partial charge in [-0.2, -0.15) is 4.31 Å². The van der Waals surface area contributed by atoms with Crippen LogP contribution in [0.15, 0.2) is 53.4 Å². The molecule has 1 aliphatic heterocycles. The van der Waals surface area contributed by atoms with Crippen LogP contribution in [0.2, 0.25) is 5.02 Å². The fourth-order valence-electron chi connectivity index (χ4n) is 2.92. The Morgan fingerprint density at radius 2 is 1.79 bits per heavy atom. The summed E-state index contributed by atoms with van der Waals surface area (Å²) in [6.45, 7) is 2.54. The first-order valence-electron chi connectivity index (χ1n) is 7.46. The summed E-state index contributed by atoms with van der Waals surface area (Å²) in [5.74, 6) is 0.00638. The molecule has 2 N–H and O–H groups in total. The highest BCUT2D eigenvalue weighted by Crippen LogP contribution is 2.31. The van der Waals surface area contributed by atoms with Crippen LogP contribution < -0.4 is 5.73 Å². The molecule has 0 aliphatic carbocycles. The fourth-order valence-corrected chi connectivity index (χ4v) is 4.70. The van der Waals surface area contributed by atoms with Crippen molar-refractivity contribution in [3.63, 3.8) is 0 Å². The van der Waals surface area contributed by atoms with Crippen LogP contribution >= 0.6 is 24.0 Å². The zero-order valence-corrected chi connectivity index (χ0v) is 15.6. The molecule has 2 aromatic rings. The number of sulfonamides is 1. The summed E-state index contributed by atoms with van der Waals surface area (Å²) < 4.78 is 27.1. The predicted molar refractivity (Wildman–Crippen MR) is 99.4 cm³/mol. The van der Waals surface area contributed by atoms with Gasteiger partial charge in [0.25, 0.3) is 0 Å². The Bertz CT molecular complexity index is 813. The molecule has 7 heteroatoms. The minimum absolute atomic E-state index is 0. The van der Waals surface area contributed by atoms with Gasteiger partial charge in [0, 0.05) is 30.1 Å². The van der Waals surface area contributed by atoms with E-state index in [1.54, 1.807) is 12.1 Å². The van der Waals surface area contributed by atoms with E-state index in [4.69, 9.17) is 17.3 Å². The van der Waals surface area contributed by atoms with Gasteiger partial charge in [0.1, 0.15) is 0 Å². The van der Waals surface area contributed by atoms with Crippen molar-refractivity contribution in [1.29, 1.82) is 0 Å². The maximum Gasteiger partial charge on any atom is 0.243 e. The summed E-state index contributed by atoms with van der Waals surface area (Å²) in [5.41, 5.74) is 8.12. The van der Waals surface area contributed by atoms with Gasteiger partial charge in [0.15, 0.2) is 0 Å². The molecule has 0 radical (unpaired) electrons. The largest absolute Gasteiger partial charge is 0.326 e. The Morgan fingerprint density at radius 3 is 2.42 bits per heavy atom. The monoisotopic (exact) mass is 386 g/mol. The van der Waals surface area contributed by atoms with E-state index in [1.165, 1.54) is 10.4 Å². The fraction of sp³-hybridized carbons (Fsp3) is 0.294. The van der Waals surface area contributed by atoms with Gasteiger partial charge in [0.2, 0.25) is 10.0 Å². The number of aryl methyl sites for hydroxylation is 1.